The van der Waals surface area contributed by atoms with Crippen LogP contribution in [0.3, 0.4) is 0 Å². The van der Waals surface area contributed by atoms with Crippen molar-refractivity contribution >= 4 is 23.2 Å². The SMILES string of the molecule is CS(=O)c1cccc(C(=O)N2CCCC2)c1.O=CO. The van der Waals surface area contributed by atoms with Crippen molar-refractivity contribution in [2.75, 3.05) is 19.3 Å². The third kappa shape index (κ3) is 4.48. The van der Waals surface area contributed by atoms with Crippen molar-refractivity contribution in [3.8, 4) is 0 Å². The number of hydrogen-bond donors (Lipinski definition) is 1. The molecule has 1 aromatic rings. The summed E-state index contributed by atoms with van der Waals surface area (Å²) in [4.78, 5) is 23.0. The van der Waals surface area contributed by atoms with Crippen LogP contribution in [0.5, 0.6) is 0 Å². The van der Waals surface area contributed by atoms with Gasteiger partial charge in [0.25, 0.3) is 12.4 Å². The van der Waals surface area contributed by atoms with E-state index in [1.54, 1.807) is 30.5 Å². The largest absolute Gasteiger partial charge is 0.483 e. The molecular weight excluding hydrogens is 266 g/mol. The zero-order valence-corrected chi connectivity index (χ0v) is 11.6. The maximum Gasteiger partial charge on any atom is 0.290 e. The zero-order valence-electron chi connectivity index (χ0n) is 10.7. The number of benzene rings is 1. The van der Waals surface area contributed by atoms with Crippen LogP contribution in [0, 0.1) is 0 Å². The molecule has 0 saturated carbocycles. The number of hydrogen-bond acceptors (Lipinski definition) is 3. The van der Waals surface area contributed by atoms with Gasteiger partial charge in [-0.3, -0.25) is 13.8 Å². The summed E-state index contributed by atoms with van der Waals surface area (Å²) in [6, 6.07) is 7.10. The molecule has 1 unspecified atom stereocenters. The van der Waals surface area contributed by atoms with Gasteiger partial charge in [-0.2, -0.15) is 0 Å². The van der Waals surface area contributed by atoms with Crippen LogP contribution in [0.2, 0.25) is 0 Å². The van der Waals surface area contributed by atoms with Gasteiger partial charge >= 0.3 is 0 Å². The Bertz CT molecular complexity index is 469. The third-order valence-electron chi connectivity index (χ3n) is 2.81. The summed E-state index contributed by atoms with van der Waals surface area (Å²) in [5.74, 6) is 0.0600. The van der Waals surface area contributed by atoms with Crippen molar-refractivity contribution in [2.24, 2.45) is 0 Å². The summed E-state index contributed by atoms with van der Waals surface area (Å²) < 4.78 is 11.3. The van der Waals surface area contributed by atoms with Gasteiger partial charge in [-0.25, -0.2) is 0 Å². The highest BCUT2D eigenvalue weighted by atomic mass is 32.2. The first-order valence-electron chi connectivity index (χ1n) is 5.90. The molecule has 0 aliphatic carbocycles. The van der Waals surface area contributed by atoms with Crippen molar-refractivity contribution in [1.82, 2.24) is 4.90 Å². The Morgan fingerprint density at radius 3 is 2.47 bits per heavy atom. The molecule has 1 saturated heterocycles. The topological polar surface area (TPSA) is 74.7 Å². The molecule has 1 fully saturated rings. The van der Waals surface area contributed by atoms with E-state index in [0.717, 1.165) is 25.9 Å². The summed E-state index contributed by atoms with van der Waals surface area (Å²) in [5.41, 5.74) is 0.648. The van der Waals surface area contributed by atoms with Crippen LogP contribution in [-0.4, -0.2) is 45.9 Å². The Morgan fingerprint density at radius 2 is 1.95 bits per heavy atom. The molecule has 1 atom stereocenters. The van der Waals surface area contributed by atoms with Crippen LogP contribution in [0.1, 0.15) is 23.2 Å². The van der Waals surface area contributed by atoms with E-state index in [2.05, 4.69) is 0 Å². The maximum atomic E-state index is 12.0. The van der Waals surface area contributed by atoms with Crippen molar-refractivity contribution in [3.05, 3.63) is 29.8 Å². The molecule has 2 rings (SSSR count). The number of nitrogens with zero attached hydrogens (tertiary/aromatic N) is 1. The molecule has 1 aliphatic rings. The summed E-state index contributed by atoms with van der Waals surface area (Å²) >= 11 is 0. The van der Waals surface area contributed by atoms with Crippen LogP contribution in [0.15, 0.2) is 29.2 Å². The molecule has 5 nitrogen and oxygen atoms in total. The first kappa shape index (κ1) is 15.4. The first-order chi connectivity index (χ1) is 9.10. The summed E-state index contributed by atoms with van der Waals surface area (Å²) in [5, 5.41) is 6.89. The van der Waals surface area contributed by atoms with Crippen molar-refractivity contribution in [3.63, 3.8) is 0 Å². The monoisotopic (exact) mass is 283 g/mol. The van der Waals surface area contributed by atoms with E-state index in [1.807, 2.05) is 4.90 Å². The molecule has 1 amide bonds. The van der Waals surface area contributed by atoms with Crippen molar-refractivity contribution in [1.29, 1.82) is 0 Å². The standard InChI is InChI=1S/C12H15NO2S.CH2O2/c1-16(15)11-6-4-5-10(9-11)12(14)13-7-2-3-8-13;2-1-3/h4-6,9H,2-3,7-8H2,1H3;1H,(H,2,3). The van der Waals surface area contributed by atoms with Gasteiger partial charge in [0.15, 0.2) is 0 Å². The van der Waals surface area contributed by atoms with Crippen molar-refractivity contribution < 1.29 is 18.9 Å². The third-order valence-corrected chi connectivity index (χ3v) is 3.72. The van der Waals surface area contributed by atoms with Gasteiger partial charge in [0.1, 0.15) is 0 Å². The Hall–Kier alpha value is -1.69. The Kier molecular flexibility index (Phi) is 6.21. The highest BCUT2D eigenvalue weighted by Gasteiger charge is 2.19. The molecule has 1 aliphatic heterocycles. The lowest BCUT2D eigenvalue weighted by Gasteiger charge is -2.15. The summed E-state index contributed by atoms with van der Waals surface area (Å²) in [6.45, 7) is 1.44. The van der Waals surface area contributed by atoms with E-state index >= 15 is 0 Å². The Morgan fingerprint density at radius 1 is 1.37 bits per heavy atom. The molecule has 1 heterocycles. The molecule has 1 N–H and O–H groups in total. The normalized spacial score (nSPS) is 15.3. The van der Waals surface area contributed by atoms with Crippen LogP contribution in [0.4, 0.5) is 0 Å². The minimum atomic E-state index is -1.03. The zero-order chi connectivity index (χ0) is 14.3. The number of carbonyl (C=O) groups is 2. The molecular formula is C13H17NO4S. The van der Waals surface area contributed by atoms with E-state index in [1.165, 1.54) is 0 Å². The second-order valence-electron chi connectivity index (χ2n) is 4.09. The molecule has 0 bridgehead atoms. The number of rotatable bonds is 2. The predicted octanol–water partition coefficient (Wildman–Crippen LogP) is 1.36. The highest BCUT2D eigenvalue weighted by molar-refractivity contribution is 7.84. The highest BCUT2D eigenvalue weighted by Crippen LogP contribution is 2.15. The average Bonchev–Trinajstić information content (AvgIpc) is 2.93. The molecule has 19 heavy (non-hydrogen) atoms. The lowest BCUT2D eigenvalue weighted by molar-refractivity contribution is -0.122. The van der Waals surface area contributed by atoms with Crippen molar-refractivity contribution in [2.45, 2.75) is 17.7 Å². The number of likely N-dealkylation sites (tertiary alicyclic amines) is 1. The van der Waals surface area contributed by atoms with Gasteiger partial charge in [0.2, 0.25) is 0 Å². The second kappa shape index (κ2) is 7.68. The van der Waals surface area contributed by atoms with Crippen LogP contribution in [-0.2, 0) is 15.6 Å². The van der Waals surface area contributed by atoms with Crippen LogP contribution >= 0.6 is 0 Å². The Balaban J connectivity index is 0.000000550. The van der Waals surface area contributed by atoms with E-state index in [0.29, 0.717) is 10.5 Å². The quantitative estimate of drug-likeness (QED) is 0.832. The van der Waals surface area contributed by atoms with Crippen LogP contribution < -0.4 is 0 Å². The van der Waals surface area contributed by atoms with Gasteiger partial charge < -0.3 is 10.0 Å². The molecule has 6 heteroatoms. The minimum Gasteiger partial charge on any atom is -0.483 e. The molecule has 104 valence electrons. The van der Waals surface area contributed by atoms with E-state index in [-0.39, 0.29) is 12.4 Å². The van der Waals surface area contributed by atoms with Crippen LogP contribution in [0.25, 0.3) is 0 Å². The molecule has 0 spiro atoms. The molecule has 1 aromatic carbocycles. The average molecular weight is 283 g/mol. The lowest BCUT2D eigenvalue weighted by atomic mass is 10.2. The minimum absolute atomic E-state index is 0.0600. The first-order valence-corrected chi connectivity index (χ1v) is 7.46. The van der Waals surface area contributed by atoms with Gasteiger partial charge in [-0.05, 0) is 31.0 Å². The fourth-order valence-corrected chi connectivity index (χ4v) is 2.47. The fraction of sp³-hybridized carbons (Fsp3) is 0.385. The van der Waals surface area contributed by atoms with E-state index in [9.17, 15) is 9.00 Å². The molecule has 0 aromatic heterocycles. The lowest BCUT2D eigenvalue weighted by Crippen LogP contribution is -2.27. The number of amides is 1. The van der Waals surface area contributed by atoms with Gasteiger partial charge in [-0.15, -0.1) is 0 Å². The smallest absolute Gasteiger partial charge is 0.290 e. The van der Waals surface area contributed by atoms with E-state index in [4.69, 9.17) is 9.90 Å². The fourth-order valence-electron chi connectivity index (χ4n) is 1.91. The van der Waals surface area contributed by atoms with E-state index < -0.39 is 10.8 Å². The predicted molar refractivity (Wildman–Crippen MR) is 72.6 cm³/mol. The second-order valence-corrected chi connectivity index (χ2v) is 5.47. The summed E-state index contributed by atoms with van der Waals surface area (Å²) in [7, 11) is -1.03. The number of carboxylic acid groups (broad SMARTS) is 1. The Labute approximate surface area is 114 Å². The van der Waals surface area contributed by atoms with Gasteiger partial charge in [-0.1, -0.05) is 6.07 Å². The molecule has 0 radical (unpaired) electrons. The van der Waals surface area contributed by atoms with Gasteiger partial charge in [0, 0.05) is 40.6 Å². The van der Waals surface area contributed by atoms with Gasteiger partial charge in [0.05, 0.1) is 0 Å². The maximum absolute atomic E-state index is 12.0. The number of carbonyl (C=O) groups excluding carboxylic acids is 1. The summed E-state index contributed by atoms with van der Waals surface area (Å²) in [6.07, 6.45) is 3.80.